The van der Waals surface area contributed by atoms with Crippen molar-refractivity contribution < 1.29 is 28.6 Å². The summed E-state index contributed by atoms with van der Waals surface area (Å²) in [6, 6.07) is 18.7. The zero-order valence-electron chi connectivity index (χ0n) is 27.4. The van der Waals surface area contributed by atoms with Crippen LogP contribution in [0.15, 0.2) is 60.7 Å². The summed E-state index contributed by atoms with van der Waals surface area (Å²) in [7, 11) is 1.46. The standard InChI is InChI=1S/C39H50O6/c1-25(15-20-35(40)43-4)31-18-19-32-30-17-16-28-23-29(44-36(41)26-11-7-5-8-12-26)21-22-38(28,2)33(30)24-34(39(31,32)3)45-37(42)27-13-9-6-10-14-27/h5-14,25,28-34H,15-24H2,1-4H3/t25-,28-,29+,30-,31+,32-,33-,34-,38-,39+/m0/s1. The minimum atomic E-state index is -0.235. The molecule has 6 rings (SSSR count). The second-order valence-electron chi connectivity index (χ2n) is 15.0. The Hall–Kier alpha value is -3.15. The molecule has 242 valence electrons. The molecule has 0 saturated heterocycles. The van der Waals surface area contributed by atoms with E-state index in [1.807, 2.05) is 60.7 Å². The minimum Gasteiger partial charge on any atom is -0.469 e. The molecule has 0 bridgehead atoms. The van der Waals surface area contributed by atoms with E-state index >= 15 is 0 Å². The molecule has 6 nitrogen and oxygen atoms in total. The predicted molar refractivity (Wildman–Crippen MR) is 172 cm³/mol. The smallest absolute Gasteiger partial charge is 0.338 e. The van der Waals surface area contributed by atoms with Gasteiger partial charge in [-0.1, -0.05) is 57.2 Å². The van der Waals surface area contributed by atoms with Crippen molar-refractivity contribution in [3.8, 4) is 0 Å². The molecular weight excluding hydrogens is 564 g/mol. The number of carbonyl (C=O) groups is 3. The zero-order valence-corrected chi connectivity index (χ0v) is 27.4. The largest absolute Gasteiger partial charge is 0.469 e. The number of methoxy groups -OCH3 is 1. The van der Waals surface area contributed by atoms with E-state index in [2.05, 4.69) is 20.8 Å². The topological polar surface area (TPSA) is 78.9 Å². The fourth-order valence-corrected chi connectivity index (χ4v) is 10.6. The van der Waals surface area contributed by atoms with Gasteiger partial charge in [0.1, 0.15) is 12.2 Å². The van der Waals surface area contributed by atoms with Gasteiger partial charge in [0, 0.05) is 11.8 Å². The first-order chi connectivity index (χ1) is 21.6. The highest BCUT2D eigenvalue weighted by atomic mass is 16.5. The molecule has 0 spiro atoms. The van der Waals surface area contributed by atoms with Crippen molar-refractivity contribution in [3.63, 3.8) is 0 Å². The summed E-state index contributed by atoms with van der Waals surface area (Å²) >= 11 is 0. The molecular formula is C39H50O6. The van der Waals surface area contributed by atoms with E-state index in [1.165, 1.54) is 13.5 Å². The van der Waals surface area contributed by atoms with Crippen LogP contribution in [0.2, 0.25) is 0 Å². The Kier molecular flexibility index (Phi) is 9.14. The zero-order chi connectivity index (χ0) is 31.8. The summed E-state index contributed by atoms with van der Waals surface area (Å²) in [6.45, 7) is 7.16. The molecule has 0 radical (unpaired) electrons. The van der Waals surface area contributed by atoms with E-state index in [0.717, 1.165) is 51.4 Å². The van der Waals surface area contributed by atoms with Crippen molar-refractivity contribution in [1.29, 1.82) is 0 Å². The van der Waals surface area contributed by atoms with E-state index in [1.54, 1.807) is 0 Å². The van der Waals surface area contributed by atoms with Gasteiger partial charge >= 0.3 is 17.9 Å². The minimum absolute atomic E-state index is 0.0561. The average Bonchev–Trinajstić information content (AvgIpc) is 3.43. The maximum absolute atomic E-state index is 13.6. The third-order valence-corrected chi connectivity index (χ3v) is 13.0. The van der Waals surface area contributed by atoms with Gasteiger partial charge in [-0.15, -0.1) is 0 Å². The summed E-state index contributed by atoms with van der Waals surface area (Å²) in [5.74, 6) is 2.08. The van der Waals surface area contributed by atoms with E-state index < -0.39 is 0 Å². The van der Waals surface area contributed by atoms with Crippen molar-refractivity contribution in [1.82, 2.24) is 0 Å². The van der Waals surface area contributed by atoms with E-state index in [4.69, 9.17) is 14.2 Å². The number of carbonyl (C=O) groups excluding carboxylic acids is 3. The lowest BCUT2D eigenvalue weighted by atomic mass is 9.43. The molecule has 4 aliphatic carbocycles. The van der Waals surface area contributed by atoms with Gasteiger partial charge in [-0.25, -0.2) is 9.59 Å². The summed E-state index contributed by atoms with van der Waals surface area (Å²) in [6.07, 6.45) is 9.21. The van der Waals surface area contributed by atoms with Crippen LogP contribution in [0.3, 0.4) is 0 Å². The highest BCUT2D eigenvalue weighted by Gasteiger charge is 2.65. The van der Waals surface area contributed by atoms with E-state index in [0.29, 0.717) is 53.1 Å². The van der Waals surface area contributed by atoms with Crippen LogP contribution in [0.5, 0.6) is 0 Å². The Morgan fingerprint density at radius 2 is 1.44 bits per heavy atom. The highest BCUT2D eigenvalue weighted by Crippen LogP contribution is 2.69. The lowest BCUT2D eigenvalue weighted by molar-refractivity contribution is -0.176. The molecule has 4 saturated carbocycles. The molecule has 6 heteroatoms. The monoisotopic (exact) mass is 614 g/mol. The number of hydrogen-bond donors (Lipinski definition) is 0. The number of rotatable bonds is 8. The molecule has 4 aliphatic rings. The van der Waals surface area contributed by atoms with Crippen molar-refractivity contribution in [2.75, 3.05) is 7.11 Å². The van der Waals surface area contributed by atoms with Gasteiger partial charge in [0.15, 0.2) is 0 Å². The van der Waals surface area contributed by atoms with Gasteiger partial charge in [-0.2, -0.15) is 0 Å². The molecule has 4 fully saturated rings. The van der Waals surface area contributed by atoms with Crippen LogP contribution in [-0.4, -0.2) is 37.2 Å². The second-order valence-corrected chi connectivity index (χ2v) is 15.0. The Balaban J connectivity index is 1.24. The van der Waals surface area contributed by atoms with Crippen LogP contribution in [0.25, 0.3) is 0 Å². The predicted octanol–water partition coefficient (Wildman–Crippen LogP) is 8.30. The Morgan fingerprint density at radius 3 is 2.09 bits per heavy atom. The first-order valence-corrected chi connectivity index (χ1v) is 17.2. The fraction of sp³-hybridized carbons (Fsp3) is 0.615. The Labute approximate surface area is 268 Å². The van der Waals surface area contributed by atoms with Gasteiger partial charge in [-0.05, 0) is 123 Å². The maximum Gasteiger partial charge on any atom is 0.338 e. The summed E-state index contributed by atoms with van der Waals surface area (Å²) < 4.78 is 17.6. The first-order valence-electron chi connectivity index (χ1n) is 17.2. The van der Waals surface area contributed by atoms with Crippen LogP contribution in [0.1, 0.15) is 106 Å². The van der Waals surface area contributed by atoms with Gasteiger partial charge in [0.25, 0.3) is 0 Å². The first kappa shape index (κ1) is 31.8. The number of fused-ring (bicyclic) bond motifs is 5. The van der Waals surface area contributed by atoms with Crippen molar-refractivity contribution >= 4 is 17.9 Å². The number of hydrogen-bond acceptors (Lipinski definition) is 6. The lowest BCUT2D eigenvalue weighted by Crippen LogP contribution is -2.59. The average molecular weight is 615 g/mol. The lowest BCUT2D eigenvalue weighted by Gasteiger charge is -2.62. The molecule has 0 N–H and O–H groups in total. The third kappa shape index (κ3) is 5.94. The number of ether oxygens (including phenoxy) is 3. The molecule has 0 unspecified atom stereocenters. The van der Waals surface area contributed by atoms with Crippen molar-refractivity contribution in [2.45, 2.75) is 97.2 Å². The molecule has 0 heterocycles. The molecule has 2 aromatic rings. The fourth-order valence-electron chi connectivity index (χ4n) is 10.6. The van der Waals surface area contributed by atoms with Crippen molar-refractivity contribution in [3.05, 3.63) is 71.8 Å². The van der Waals surface area contributed by atoms with Crippen LogP contribution < -0.4 is 0 Å². The maximum atomic E-state index is 13.6. The number of esters is 3. The van der Waals surface area contributed by atoms with E-state index in [-0.39, 0.29) is 40.9 Å². The molecule has 10 atom stereocenters. The van der Waals surface area contributed by atoms with Crippen LogP contribution in [0, 0.1) is 46.3 Å². The molecule has 0 aliphatic heterocycles. The normalized spacial score (nSPS) is 36.0. The number of benzene rings is 2. The Morgan fingerprint density at radius 1 is 0.800 bits per heavy atom. The third-order valence-electron chi connectivity index (χ3n) is 13.0. The second kappa shape index (κ2) is 12.9. The van der Waals surface area contributed by atoms with Gasteiger partial charge in [-0.3, -0.25) is 4.79 Å². The van der Waals surface area contributed by atoms with Gasteiger partial charge in [0.05, 0.1) is 18.2 Å². The molecule has 0 aromatic heterocycles. The summed E-state index contributed by atoms with van der Waals surface area (Å²) in [5, 5.41) is 0. The molecule has 2 aromatic carbocycles. The van der Waals surface area contributed by atoms with E-state index in [9.17, 15) is 14.4 Å². The molecule has 0 amide bonds. The summed E-state index contributed by atoms with van der Waals surface area (Å²) in [5.41, 5.74) is 1.18. The van der Waals surface area contributed by atoms with Crippen LogP contribution in [0.4, 0.5) is 0 Å². The van der Waals surface area contributed by atoms with Gasteiger partial charge < -0.3 is 14.2 Å². The van der Waals surface area contributed by atoms with Crippen LogP contribution >= 0.6 is 0 Å². The summed E-state index contributed by atoms with van der Waals surface area (Å²) in [4.78, 5) is 38.6. The highest BCUT2D eigenvalue weighted by molar-refractivity contribution is 5.90. The quantitative estimate of drug-likeness (QED) is 0.220. The Bertz CT molecular complexity index is 1360. The SMILES string of the molecule is COC(=O)CC[C@H](C)[C@H]1CC[C@H]2[C@@H]3CC[C@H]4C[C@H](OC(=O)c5ccccc5)CC[C@]4(C)[C@H]3C[C@H](OC(=O)c3ccccc3)[C@]12C. The van der Waals surface area contributed by atoms with Crippen molar-refractivity contribution in [2.24, 2.45) is 46.3 Å². The molecule has 45 heavy (non-hydrogen) atoms. The van der Waals surface area contributed by atoms with Gasteiger partial charge in [0.2, 0.25) is 0 Å². The van der Waals surface area contributed by atoms with Crippen LogP contribution in [-0.2, 0) is 19.0 Å².